The van der Waals surface area contributed by atoms with Gasteiger partial charge in [0, 0.05) is 6.54 Å². The summed E-state index contributed by atoms with van der Waals surface area (Å²) in [5.74, 6) is -2.40. The topological polar surface area (TPSA) is 117 Å². The van der Waals surface area contributed by atoms with Crippen LogP contribution in [-0.2, 0) is 35.6 Å². The van der Waals surface area contributed by atoms with E-state index < -0.39 is 27.9 Å². The van der Waals surface area contributed by atoms with Crippen molar-refractivity contribution in [2.75, 3.05) is 21.0 Å². The molecule has 0 unspecified atom stereocenters. The average molecular weight is 435 g/mol. The standard InChI is InChI=1S/C20H21NO8S/c1-12-4-6-14(7-5-12)30(24,25)21-10-13-8-16-17(29-11-28-16)9-15(13)18(19(22)26-2)20(23)27-3/h4-9,18,21H,10-11H2,1-3H3. The van der Waals surface area contributed by atoms with Gasteiger partial charge in [0.2, 0.25) is 16.8 Å². The van der Waals surface area contributed by atoms with E-state index in [1.54, 1.807) is 12.1 Å². The van der Waals surface area contributed by atoms with Crippen molar-refractivity contribution in [1.82, 2.24) is 4.72 Å². The average Bonchev–Trinajstić information content (AvgIpc) is 3.19. The number of esters is 2. The first-order valence-electron chi connectivity index (χ1n) is 8.91. The molecule has 160 valence electrons. The van der Waals surface area contributed by atoms with Gasteiger partial charge in [-0.1, -0.05) is 17.7 Å². The number of aryl methyl sites for hydroxylation is 1. The predicted molar refractivity (Wildman–Crippen MR) is 105 cm³/mol. The molecule has 0 fully saturated rings. The number of fused-ring (bicyclic) bond motifs is 1. The molecule has 0 atom stereocenters. The van der Waals surface area contributed by atoms with Gasteiger partial charge in [0.25, 0.3) is 0 Å². The maximum Gasteiger partial charge on any atom is 0.324 e. The molecule has 1 aliphatic heterocycles. The van der Waals surface area contributed by atoms with Gasteiger partial charge in [0.05, 0.1) is 19.1 Å². The summed E-state index contributed by atoms with van der Waals surface area (Å²) in [6, 6.07) is 9.33. The number of carbonyl (C=O) groups is 2. The molecule has 2 aromatic carbocycles. The van der Waals surface area contributed by atoms with Crippen molar-refractivity contribution in [2.45, 2.75) is 24.3 Å². The van der Waals surface area contributed by atoms with E-state index in [0.717, 1.165) is 19.8 Å². The smallest absolute Gasteiger partial charge is 0.324 e. The fourth-order valence-corrected chi connectivity index (χ4v) is 3.99. The molecular formula is C20H21NO8S. The fraction of sp³-hybridized carbons (Fsp3) is 0.300. The van der Waals surface area contributed by atoms with Crippen molar-refractivity contribution < 1.29 is 37.0 Å². The molecule has 3 rings (SSSR count). The van der Waals surface area contributed by atoms with Crippen molar-refractivity contribution in [3.05, 3.63) is 53.1 Å². The number of sulfonamides is 1. The largest absolute Gasteiger partial charge is 0.468 e. The number of nitrogens with one attached hydrogen (secondary N) is 1. The molecule has 0 saturated heterocycles. The lowest BCUT2D eigenvalue weighted by Crippen LogP contribution is -2.28. The van der Waals surface area contributed by atoms with Crippen LogP contribution in [0.3, 0.4) is 0 Å². The van der Waals surface area contributed by atoms with Gasteiger partial charge in [0.15, 0.2) is 17.4 Å². The SMILES string of the molecule is COC(=O)C(C(=O)OC)c1cc2c(cc1CNS(=O)(=O)c1ccc(C)cc1)OCO2. The molecule has 9 nitrogen and oxygen atoms in total. The van der Waals surface area contributed by atoms with E-state index in [9.17, 15) is 18.0 Å². The number of rotatable bonds is 7. The Hall–Kier alpha value is -3.11. The summed E-state index contributed by atoms with van der Waals surface area (Å²) in [4.78, 5) is 24.7. The van der Waals surface area contributed by atoms with Crippen LogP contribution >= 0.6 is 0 Å². The first-order chi connectivity index (χ1) is 14.3. The highest BCUT2D eigenvalue weighted by Crippen LogP contribution is 2.38. The molecule has 10 heteroatoms. The number of hydrogen-bond acceptors (Lipinski definition) is 8. The van der Waals surface area contributed by atoms with E-state index in [4.69, 9.17) is 18.9 Å². The minimum Gasteiger partial charge on any atom is -0.468 e. The predicted octanol–water partition coefficient (Wildman–Crippen LogP) is 1.63. The van der Waals surface area contributed by atoms with Gasteiger partial charge < -0.3 is 18.9 Å². The molecule has 0 aliphatic carbocycles. The Balaban J connectivity index is 1.98. The Morgan fingerprint density at radius 3 is 2.17 bits per heavy atom. The van der Waals surface area contributed by atoms with Crippen LogP contribution in [0, 0.1) is 6.92 Å². The molecule has 0 saturated carbocycles. The van der Waals surface area contributed by atoms with E-state index in [1.807, 2.05) is 6.92 Å². The van der Waals surface area contributed by atoms with E-state index in [-0.39, 0.29) is 23.8 Å². The molecular weight excluding hydrogens is 414 g/mol. The van der Waals surface area contributed by atoms with Crippen LogP contribution in [0.1, 0.15) is 22.6 Å². The first-order valence-corrected chi connectivity index (χ1v) is 10.4. The molecule has 1 aliphatic rings. The molecule has 0 radical (unpaired) electrons. The Bertz CT molecular complexity index is 1050. The third kappa shape index (κ3) is 4.39. The van der Waals surface area contributed by atoms with Crippen molar-refractivity contribution in [3.8, 4) is 11.5 Å². The maximum absolute atomic E-state index is 12.7. The van der Waals surface area contributed by atoms with Crippen LogP contribution < -0.4 is 14.2 Å². The Kier molecular flexibility index (Phi) is 6.28. The Labute approximate surface area is 173 Å². The molecule has 30 heavy (non-hydrogen) atoms. The number of benzene rings is 2. The molecule has 1 heterocycles. The molecule has 0 bridgehead atoms. The van der Waals surface area contributed by atoms with E-state index >= 15 is 0 Å². The molecule has 1 N–H and O–H groups in total. The van der Waals surface area contributed by atoms with E-state index in [1.165, 1.54) is 24.3 Å². The Morgan fingerprint density at radius 1 is 1.03 bits per heavy atom. The lowest BCUT2D eigenvalue weighted by molar-refractivity contribution is -0.154. The van der Waals surface area contributed by atoms with Crippen LogP contribution in [0.25, 0.3) is 0 Å². The summed E-state index contributed by atoms with van der Waals surface area (Å²) in [6.45, 7) is 1.61. The second-order valence-corrected chi connectivity index (χ2v) is 8.29. The number of ether oxygens (including phenoxy) is 4. The normalized spacial score (nSPS) is 12.7. The summed E-state index contributed by atoms with van der Waals surface area (Å²) in [7, 11) is -1.55. The van der Waals surface area contributed by atoms with Gasteiger partial charge in [-0.3, -0.25) is 9.59 Å². The lowest BCUT2D eigenvalue weighted by atomic mass is 9.93. The summed E-state index contributed by atoms with van der Waals surface area (Å²) in [6.07, 6.45) is 0. The third-order valence-corrected chi connectivity index (χ3v) is 6.02. The van der Waals surface area contributed by atoms with Crippen LogP contribution in [0.5, 0.6) is 11.5 Å². The van der Waals surface area contributed by atoms with Crippen molar-refractivity contribution in [2.24, 2.45) is 0 Å². The first kappa shape index (κ1) is 21.6. The minimum atomic E-state index is -3.84. The number of methoxy groups -OCH3 is 2. The van der Waals surface area contributed by atoms with Gasteiger partial charge in [-0.15, -0.1) is 0 Å². The zero-order valence-electron chi connectivity index (χ0n) is 16.6. The third-order valence-electron chi connectivity index (χ3n) is 4.60. The minimum absolute atomic E-state index is 0.0333. The highest BCUT2D eigenvalue weighted by Gasteiger charge is 2.34. The van der Waals surface area contributed by atoms with Crippen LogP contribution in [0.15, 0.2) is 41.3 Å². The Morgan fingerprint density at radius 2 is 1.60 bits per heavy atom. The summed E-state index contributed by atoms with van der Waals surface area (Å²) < 4.78 is 48.0. The monoisotopic (exact) mass is 435 g/mol. The quantitative estimate of drug-likeness (QED) is 0.515. The molecule has 2 aromatic rings. The highest BCUT2D eigenvalue weighted by atomic mass is 32.2. The summed E-state index contributed by atoms with van der Waals surface area (Å²) >= 11 is 0. The maximum atomic E-state index is 12.7. The molecule has 0 amide bonds. The van der Waals surface area contributed by atoms with Crippen LogP contribution in [0.4, 0.5) is 0 Å². The number of carbonyl (C=O) groups excluding carboxylic acids is 2. The van der Waals surface area contributed by atoms with Crippen LogP contribution in [-0.4, -0.2) is 41.4 Å². The molecule has 0 spiro atoms. The van der Waals surface area contributed by atoms with Gasteiger partial charge in [-0.2, -0.15) is 0 Å². The van der Waals surface area contributed by atoms with Gasteiger partial charge in [-0.25, -0.2) is 13.1 Å². The second-order valence-electron chi connectivity index (χ2n) is 6.52. The highest BCUT2D eigenvalue weighted by molar-refractivity contribution is 7.89. The lowest BCUT2D eigenvalue weighted by Gasteiger charge is -2.18. The fourth-order valence-electron chi connectivity index (χ4n) is 2.98. The van der Waals surface area contributed by atoms with Crippen molar-refractivity contribution in [1.29, 1.82) is 0 Å². The number of hydrogen-bond donors (Lipinski definition) is 1. The van der Waals surface area contributed by atoms with E-state index in [2.05, 4.69) is 4.72 Å². The summed E-state index contributed by atoms with van der Waals surface area (Å²) in [5, 5.41) is 0. The van der Waals surface area contributed by atoms with E-state index in [0.29, 0.717) is 17.1 Å². The van der Waals surface area contributed by atoms with Gasteiger partial charge in [-0.05, 0) is 42.3 Å². The summed E-state index contributed by atoms with van der Waals surface area (Å²) in [5.41, 5.74) is 1.46. The zero-order valence-corrected chi connectivity index (χ0v) is 17.4. The van der Waals surface area contributed by atoms with Crippen molar-refractivity contribution in [3.63, 3.8) is 0 Å². The van der Waals surface area contributed by atoms with Crippen LogP contribution in [0.2, 0.25) is 0 Å². The zero-order chi connectivity index (χ0) is 21.9. The van der Waals surface area contributed by atoms with Gasteiger partial charge in [0.1, 0.15) is 0 Å². The van der Waals surface area contributed by atoms with Gasteiger partial charge >= 0.3 is 11.9 Å². The second kappa shape index (κ2) is 8.72. The van der Waals surface area contributed by atoms with Crippen molar-refractivity contribution >= 4 is 22.0 Å². The molecule has 0 aromatic heterocycles.